The predicted molar refractivity (Wildman–Crippen MR) is 77.4 cm³/mol. The lowest BCUT2D eigenvalue weighted by molar-refractivity contribution is -0.384. The summed E-state index contributed by atoms with van der Waals surface area (Å²) in [6, 6.07) is 3.81. The minimum atomic E-state index is -0.510. The molecule has 0 aliphatic carbocycles. The number of nitro benzene ring substituents is 1. The van der Waals surface area contributed by atoms with Crippen LogP contribution in [-0.4, -0.2) is 42.0 Å². The van der Waals surface area contributed by atoms with E-state index in [2.05, 4.69) is 10.6 Å². The van der Waals surface area contributed by atoms with Crippen molar-refractivity contribution < 1.29 is 14.5 Å². The molecule has 1 aliphatic rings. The van der Waals surface area contributed by atoms with Crippen molar-refractivity contribution in [3.05, 3.63) is 28.3 Å². The number of amides is 1. The van der Waals surface area contributed by atoms with Gasteiger partial charge in [-0.25, -0.2) is 0 Å². The molecule has 1 aromatic carbocycles. The van der Waals surface area contributed by atoms with Crippen LogP contribution < -0.4 is 15.4 Å². The minimum Gasteiger partial charge on any atom is -0.495 e. The van der Waals surface area contributed by atoms with E-state index in [1.165, 1.54) is 25.3 Å². The van der Waals surface area contributed by atoms with Crippen LogP contribution in [0.2, 0.25) is 0 Å². The molecule has 1 heterocycles. The Morgan fingerprint density at radius 3 is 3.00 bits per heavy atom. The normalized spacial score (nSPS) is 18.4. The van der Waals surface area contributed by atoms with Crippen LogP contribution in [0.5, 0.6) is 5.75 Å². The van der Waals surface area contributed by atoms with E-state index in [-0.39, 0.29) is 17.6 Å². The molecule has 1 unspecified atom stereocenters. The quantitative estimate of drug-likeness (QED) is 0.641. The molecular weight excluding hydrogens is 282 g/mol. The van der Waals surface area contributed by atoms with Crippen molar-refractivity contribution in [2.24, 2.45) is 0 Å². The number of rotatable bonds is 4. The second kappa shape index (κ2) is 6.58. The molecule has 8 heteroatoms. The fourth-order valence-electron chi connectivity index (χ4n) is 1.86. The number of methoxy groups -OCH3 is 1. The molecule has 0 saturated carbocycles. The second-order valence-electron chi connectivity index (χ2n) is 4.21. The largest absolute Gasteiger partial charge is 0.495 e. The molecule has 20 heavy (non-hydrogen) atoms. The highest BCUT2D eigenvalue weighted by atomic mass is 32.2. The molecule has 1 saturated heterocycles. The van der Waals surface area contributed by atoms with Crippen molar-refractivity contribution in [1.29, 1.82) is 0 Å². The Bertz CT molecular complexity index is 517. The molecule has 0 bridgehead atoms. The highest BCUT2D eigenvalue weighted by Crippen LogP contribution is 2.29. The van der Waals surface area contributed by atoms with Crippen molar-refractivity contribution in [1.82, 2.24) is 5.32 Å². The molecular formula is C12H15N3O4S. The molecule has 1 amide bonds. The highest BCUT2D eigenvalue weighted by molar-refractivity contribution is 7.99. The van der Waals surface area contributed by atoms with E-state index in [0.717, 1.165) is 12.3 Å². The Morgan fingerprint density at radius 1 is 1.60 bits per heavy atom. The molecule has 1 atom stereocenters. The van der Waals surface area contributed by atoms with E-state index in [1.807, 2.05) is 0 Å². The first-order valence-electron chi connectivity index (χ1n) is 6.06. The fraction of sp³-hybridized carbons (Fsp3) is 0.417. The van der Waals surface area contributed by atoms with Gasteiger partial charge < -0.3 is 15.4 Å². The Balaban J connectivity index is 2.15. The average Bonchev–Trinajstić information content (AvgIpc) is 2.48. The van der Waals surface area contributed by atoms with Gasteiger partial charge in [-0.15, -0.1) is 0 Å². The number of nitrogens with one attached hydrogen (secondary N) is 2. The molecule has 7 nitrogen and oxygen atoms in total. The lowest BCUT2D eigenvalue weighted by Crippen LogP contribution is -2.46. The van der Waals surface area contributed by atoms with Gasteiger partial charge in [-0.2, -0.15) is 11.8 Å². The van der Waals surface area contributed by atoms with Crippen LogP contribution in [0.3, 0.4) is 0 Å². The summed E-state index contributed by atoms with van der Waals surface area (Å²) >= 11 is 1.70. The Labute approximate surface area is 120 Å². The standard InChI is InChI=1S/C12H15N3O4S/c1-19-11-3-2-8(15(17)18)6-9(11)14-12(16)10-7-20-5-4-13-10/h2-3,6,10,13H,4-5,7H2,1H3,(H,14,16). The number of carbonyl (C=O) groups excluding carboxylic acids is 1. The topological polar surface area (TPSA) is 93.5 Å². The lowest BCUT2D eigenvalue weighted by atomic mass is 10.2. The summed E-state index contributed by atoms with van der Waals surface area (Å²) in [5.74, 6) is 1.84. The van der Waals surface area contributed by atoms with Crippen molar-refractivity contribution in [3.8, 4) is 5.75 Å². The number of anilines is 1. The summed E-state index contributed by atoms with van der Waals surface area (Å²) in [5, 5.41) is 16.6. The smallest absolute Gasteiger partial charge is 0.271 e. The molecule has 0 aromatic heterocycles. The summed E-state index contributed by atoms with van der Waals surface area (Å²) in [5.41, 5.74) is 0.219. The zero-order chi connectivity index (χ0) is 14.5. The number of non-ortho nitro benzene ring substituents is 1. The summed E-state index contributed by atoms with van der Waals surface area (Å²) in [6.07, 6.45) is 0. The van der Waals surface area contributed by atoms with Crippen LogP contribution in [-0.2, 0) is 4.79 Å². The monoisotopic (exact) mass is 297 g/mol. The van der Waals surface area contributed by atoms with Gasteiger partial charge in [0.05, 0.1) is 23.8 Å². The number of ether oxygens (including phenoxy) is 1. The van der Waals surface area contributed by atoms with Gasteiger partial charge in [-0.1, -0.05) is 0 Å². The summed E-state index contributed by atoms with van der Waals surface area (Å²) in [4.78, 5) is 22.4. The highest BCUT2D eigenvalue weighted by Gasteiger charge is 2.22. The summed E-state index contributed by atoms with van der Waals surface area (Å²) < 4.78 is 5.11. The van der Waals surface area contributed by atoms with Gasteiger partial charge in [-0.3, -0.25) is 14.9 Å². The number of carbonyl (C=O) groups is 1. The van der Waals surface area contributed by atoms with Crippen LogP contribution >= 0.6 is 11.8 Å². The number of hydrogen-bond donors (Lipinski definition) is 2. The molecule has 1 aromatic rings. The Kier molecular flexibility index (Phi) is 4.80. The van der Waals surface area contributed by atoms with E-state index < -0.39 is 4.92 Å². The van der Waals surface area contributed by atoms with E-state index in [1.54, 1.807) is 11.8 Å². The van der Waals surface area contributed by atoms with Gasteiger partial charge in [0.25, 0.3) is 5.69 Å². The van der Waals surface area contributed by atoms with Gasteiger partial charge in [0.1, 0.15) is 5.75 Å². The molecule has 2 N–H and O–H groups in total. The van der Waals surface area contributed by atoms with E-state index in [0.29, 0.717) is 17.2 Å². The van der Waals surface area contributed by atoms with Crippen LogP contribution in [0, 0.1) is 10.1 Å². The fourth-order valence-corrected chi connectivity index (χ4v) is 2.79. The molecule has 108 valence electrons. The Morgan fingerprint density at radius 2 is 2.40 bits per heavy atom. The van der Waals surface area contributed by atoms with Crippen molar-refractivity contribution in [3.63, 3.8) is 0 Å². The molecule has 0 radical (unpaired) electrons. The van der Waals surface area contributed by atoms with Crippen molar-refractivity contribution in [2.45, 2.75) is 6.04 Å². The number of nitro groups is 1. The summed E-state index contributed by atoms with van der Waals surface area (Å²) in [7, 11) is 1.45. The van der Waals surface area contributed by atoms with Gasteiger partial charge in [-0.05, 0) is 6.07 Å². The van der Waals surface area contributed by atoms with Crippen LogP contribution in [0.1, 0.15) is 0 Å². The maximum Gasteiger partial charge on any atom is 0.271 e. The Hall–Kier alpha value is -1.80. The lowest BCUT2D eigenvalue weighted by Gasteiger charge is -2.22. The van der Waals surface area contributed by atoms with Crippen LogP contribution in [0.4, 0.5) is 11.4 Å². The number of nitrogens with zero attached hydrogens (tertiary/aromatic N) is 1. The van der Waals surface area contributed by atoms with Crippen LogP contribution in [0.25, 0.3) is 0 Å². The van der Waals surface area contributed by atoms with Crippen molar-refractivity contribution >= 4 is 29.0 Å². The predicted octanol–water partition coefficient (Wildman–Crippen LogP) is 1.25. The molecule has 2 rings (SSSR count). The molecule has 1 aliphatic heterocycles. The number of benzene rings is 1. The first-order valence-corrected chi connectivity index (χ1v) is 7.21. The van der Waals surface area contributed by atoms with E-state index in [9.17, 15) is 14.9 Å². The first kappa shape index (κ1) is 14.6. The minimum absolute atomic E-state index is 0.0907. The average molecular weight is 297 g/mol. The van der Waals surface area contributed by atoms with Crippen molar-refractivity contribution in [2.75, 3.05) is 30.5 Å². The zero-order valence-corrected chi connectivity index (χ0v) is 11.7. The third-order valence-corrected chi connectivity index (χ3v) is 3.95. The SMILES string of the molecule is COc1ccc([N+](=O)[O-])cc1NC(=O)C1CSCCN1. The van der Waals surface area contributed by atoms with Gasteiger partial charge in [0.15, 0.2) is 0 Å². The molecule has 1 fully saturated rings. The van der Waals surface area contributed by atoms with Gasteiger partial charge in [0.2, 0.25) is 5.91 Å². The zero-order valence-electron chi connectivity index (χ0n) is 10.9. The second-order valence-corrected chi connectivity index (χ2v) is 5.36. The maximum absolute atomic E-state index is 12.1. The molecule has 0 spiro atoms. The third-order valence-electron chi connectivity index (χ3n) is 2.89. The first-order chi connectivity index (χ1) is 9.61. The van der Waals surface area contributed by atoms with E-state index >= 15 is 0 Å². The third kappa shape index (κ3) is 3.40. The number of thioether (sulfide) groups is 1. The van der Waals surface area contributed by atoms with Gasteiger partial charge >= 0.3 is 0 Å². The van der Waals surface area contributed by atoms with Gasteiger partial charge in [0, 0.05) is 30.2 Å². The number of hydrogen-bond acceptors (Lipinski definition) is 6. The maximum atomic E-state index is 12.1. The van der Waals surface area contributed by atoms with E-state index in [4.69, 9.17) is 4.74 Å². The van der Waals surface area contributed by atoms with Crippen LogP contribution in [0.15, 0.2) is 18.2 Å². The summed E-state index contributed by atoms with van der Waals surface area (Å²) in [6.45, 7) is 0.773.